The Hall–Kier alpha value is -2.60. The van der Waals surface area contributed by atoms with E-state index in [2.05, 4.69) is 37.6 Å². The lowest BCUT2D eigenvalue weighted by molar-refractivity contribution is 0.243. The fourth-order valence-corrected chi connectivity index (χ4v) is 3.23. The molecule has 138 valence electrons. The molecule has 1 saturated heterocycles. The number of carbonyl (C=O) groups excluding carboxylic acids is 1. The zero-order chi connectivity index (χ0) is 18.4. The lowest BCUT2D eigenvalue weighted by Crippen LogP contribution is -2.36. The summed E-state index contributed by atoms with van der Waals surface area (Å²) in [6, 6.07) is 13.9. The van der Waals surface area contributed by atoms with Crippen LogP contribution in [0.25, 0.3) is 0 Å². The van der Waals surface area contributed by atoms with Gasteiger partial charge in [0, 0.05) is 19.6 Å². The van der Waals surface area contributed by atoms with Gasteiger partial charge in [-0.2, -0.15) is 0 Å². The van der Waals surface area contributed by atoms with Crippen LogP contribution in [0.2, 0.25) is 0 Å². The molecule has 0 radical (unpaired) electrons. The highest BCUT2D eigenvalue weighted by Gasteiger charge is 2.16. The first kappa shape index (κ1) is 18.2. The van der Waals surface area contributed by atoms with Crippen molar-refractivity contribution in [1.29, 1.82) is 0 Å². The maximum absolute atomic E-state index is 12.2. The smallest absolute Gasteiger partial charge is 0.319 e. The Morgan fingerprint density at radius 1 is 1.15 bits per heavy atom. The van der Waals surface area contributed by atoms with Crippen LogP contribution < -0.4 is 15.5 Å². The molecule has 6 heteroatoms. The van der Waals surface area contributed by atoms with E-state index in [1.54, 1.807) is 6.20 Å². The summed E-state index contributed by atoms with van der Waals surface area (Å²) in [5.41, 5.74) is 1.88. The van der Waals surface area contributed by atoms with Crippen LogP contribution in [-0.4, -0.2) is 49.6 Å². The molecule has 26 heavy (non-hydrogen) atoms. The zero-order valence-electron chi connectivity index (χ0n) is 15.5. The van der Waals surface area contributed by atoms with Crippen molar-refractivity contribution in [3.8, 4) is 0 Å². The number of urea groups is 1. The molecule has 2 amide bonds. The van der Waals surface area contributed by atoms with Crippen molar-refractivity contribution in [2.24, 2.45) is 0 Å². The van der Waals surface area contributed by atoms with Crippen molar-refractivity contribution in [2.75, 3.05) is 43.9 Å². The first-order chi connectivity index (χ1) is 12.6. The number of aromatic nitrogens is 1. The third-order valence-corrected chi connectivity index (χ3v) is 4.70. The number of carbonyl (C=O) groups is 1. The van der Waals surface area contributed by atoms with Crippen LogP contribution in [0.4, 0.5) is 16.3 Å². The first-order valence-corrected chi connectivity index (χ1v) is 9.11. The summed E-state index contributed by atoms with van der Waals surface area (Å²) in [5, 5.41) is 5.81. The van der Waals surface area contributed by atoms with Gasteiger partial charge in [0.15, 0.2) is 0 Å². The number of hydrogen-bond donors (Lipinski definition) is 2. The molecule has 1 unspecified atom stereocenters. The Kier molecular flexibility index (Phi) is 6.07. The monoisotopic (exact) mass is 353 g/mol. The van der Waals surface area contributed by atoms with Gasteiger partial charge in [-0.15, -0.1) is 0 Å². The average Bonchev–Trinajstić information content (AvgIpc) is 3.18. The number of likely N-dealkylation sites (N-methyl/N-ethyl adjacent to an activating group) is 1. The fraction of sp³-hybridized carbons (Fsp3) is 0.400. The predicted octanol–water partition coefficient (Wildman–Crippen LogP) is 3.11. The maximum Gasteiger partial charge on any atom is 0.319 e. The summed E-state index contributed by atoms with van der Waals surface area (Å²) in [5.74, 6) is 0.977. The molecule has 2 aromatic rings. The molecule has 0 aliphatic carbocycles. The Bertz CT molecular complexity index is 696. The molecule has 0 bridgehead atoms. The molecule has 1 aromatic heterocycles. The minimum atomic E-state index is -0.219. The summed E-state index contributed by atoms with van der Waals surface area (Å²) in [4.78, 5) is 21.1. The minimum Gasteiger partial charge on any atom is -0.357 e. The summed E-state index contributed by atoms with van der Waals surface area (Å²) >= 11 is 0. The third-order valence-electron chi connectivity index (χ3n) is 4.70. The number of rotatable bonds is 6. The van der Waals surface area contributed by atoms with Crippen molar-refractivity contribution < 1.29 is 4.79 Å². The van der Waals surface area contributed by atoms with Crippen LogP contribution in [0, 0.1) is 0 Å². The van der Waals surface area contributed by atoms with E-state index in [0.29, 0.717) is 12.2 Å². The summed E-state index contributed by atoms with van der Waals surface area (Å²) in [6.07, 6.45) is 4.16. The van der Waals surface area contributed by atoms with Gasteiger partial charge in [0.05, 0.1) is 17.9 Å². The van der Waals surface area contributed by atoms with E-state index in [0.717, 1.165) is 18.9 Å². The average molecular weight is 353 g/mol. The van der Waals surface area contributed by atoms with Crippen molar-refractivity contribution in [1.82, 2.24) is 15.2 Å². The summed E-state index contributed by atoms with van der Waals surface area (Å²) in [7, 11) is 4.02. The fourth-order valence-electron chi connectivity index (χ4n) is 3.23. The molecule has 1 atom stereocenters. The van der Waals surface area contributed by atoms with Gasteiger partial charge in [-0.25, -0.2) is 9.78 Å². The number of benzene rings is 1. The van der Waals surface area contributed by atoms with Gasteiger partial charge in [0.1, 0.15) is 5.82 Å². The van der Waals surface area contributed by atoms with Crippen LogP contribution in [0.1, 0.15) is 24.4 Å². The standard InChI is InChI=1S/C20H27N5O/c1-24(2)18(16-8-4-3-5-9-16)15-22-20(26)23-17-10-11-19(21-14-17)25-12-6-7-13-25/h3-5,8-11,14,18H,6-7,12-13,15H2,1-2H3,(H2,22,23,26). The Labute approximate surface area is 155 Å². The van der Waals surface area contributed by atoms with Gasteiger partial charge < -0.3 is 20.4 Å². The lowest BCUT2D eigenvalue weighted by atomic mass is 10.1. The largest absolute Gasteiger partial charge is 0.357 e. The molecular weight excluding hydrogens is 326 g/mol. The normalized spacial score (nSPS) is 15.1. The third kappa shape index (κ3) is 4.73. The van der Waals surface area contributed by atoms with Gasteiger partial charge in [-0.1, -0.05) is 30.3 Å². The van der Waals surface area contributed by atoms with Crippen LogP contribution in [0.15, 0.2) is 48.7 Å². The van der Waals surface area contributed by atoms with Gasteiger partial charge in [-0.05, 0) is 44.6 Å². The number of anilines is 2. The zero-order valence-corrected chi connectivity index (χ0v) is 15.5. The topological polar surface area (TPSA) is 60.5 Å². The number of nitrogens with one attached hydrogen (secondary N) is 2. The van der Waals surface area contributed by atoms with Crippen molar-refractivity contribution in [3.05, 3.63) is 54.2 Å². The number of nitrogens with zero attached hydrogens (tertiary/aromatic N) is 3. The van der Waals surface area contributed by atoms with E-state index in [9.17, 15) is 4.79 Å². The van der Waals surface area contributed by atoms with Gasteiger partial charge in [0.2, 0.25) is 0 Å². The first-order valence-electron chi connectivity index (χ1n) is 9.11. The summed E-state index contributed by atoms with van der Waals surface area (Å²) < 4.78 is 0. The summed E-state index contributed by atoms with van der Waals surface area (Å²) in [6.45, 7) is 2.65. The molecule has 1 aliphatic heterocycles. The highest BCUT2D eigenvalue weighted by Crippen LogP contribution is 2.19. The quantitative estimate of drug-likeness (QED) is 0.838. The second kappa shape index (κ2) is 8.67. The molecule has 1 aliphatic rings. The van der Waals surface area contributed by atoms with E-state index in [-0.39, 0.29) is 12.1 Å². The van der Waals surface area contributed by atoms with E-state index < -0.39 is 0 Å². The molecule has 0 spiro atoms. The minimum absolute atomic E-state index is 0.123. The molecule has 2 heterocycles. The Morgan fingerprint density at radius 2 is 1.88 bits per heavy atom. The van der Waals surface area contributed by atoms with Crippen molar-refractivity contribution >= 4 is 17.5 Å². The molecule has 1 aromatic carbocycles. The van der Waals surface area contributed by atoms with Crippen LogP contribution in [0.3, 0.4) is 0 Å². The van der Waals surface area contributed by atoms with Crippen LogP contribution in [0.5, 0.6) is 0 Å². The van der Waals surface area contributed by atoms with Crippen molar-refractivity contribution in [3.63, 3.8) is 0 Å². The lowest BCUT2D eigenvalue weighted by Gasteiger charge is -2.25. The van der Waals surface area contributed by atoms with E-state index in [1.807, 2.05) is 44.4 Å². The Morgan fingerprint density at radius 3 is 2.50 bits per heavy atom. The van der Waals surface area contributed by atoms with Crippen LogP contribution >= 0.6 is 0 Å². The second-order valence-electron chi connectivity index (χ2n) is 6.82. The predicted molar refractivity (Wildman–Crippen MR) is 106 cm³/mol. The highest BCUT2D eigenvalue weighted by molar-refractivity contribution is 5.89. The number of amides is 2. The number of hydrogen-bond acceptors (Lipinski definition) is 4. The van der Waals surface area contributed by atoms with E-state index in [4.69, 9.17) is 0 Å². The van der Waals surface area contributed by atoms with E-state index >= 15 is 0 Å². The maximum atomic E-state index is 12.2. The van der Waals surface area contributed by atoms with Crippen molar-refractivity contribution in [2.45, 2.75) is 18.9 Å². The molecule has 6 nitrogen and oxygen atoms in total. The molecular formula is C20H27N5O. The van der Waals surface area contributed by atoms with Gasteiger partial charge >= 0.3 is 6.03 Å². The highest BCUT2D eigenvalue weighted by atomic mass is 16.2. The Balaban J connectivity index is 1.53. The van der Waals surface area contributed by atoms with Gasteiger partial charge in [0.25, 0.3) is 0 Å². The molecule has 1 fully saturated rings. The molecule has 0 saturated carbocycles. The SMILES string of the molecule is CN(C)C(CNC(=O)Nc1ccc(N2CCCC2)nc1)c1ccccc1. The molecule has 3 rings (SSSR count). The van der Waals surface area contributed by atoms with Gasteiger partial charge in [-0.3, -0.25) is 0 Å². The second-order valence-corrected chi connectivity index (χ2v) is 6.82. The van der Waals surface area contributed by atoms with Crippen LogP contribution in [-0.2, 0) is 0 Å². The van der Waals surface area contributed by atoms with E-state index in [1.165, 1.54) is 18.4 Å². The molecule has 2 N–H and O–H groups in total. The number of pyridine rings is 1.